The molecule has 0 aliphatic carbocycles. The maximum absolute atomic E-state index is 5.49. The minimum Gasteiger partial charge on any atom is -0.496 e. The molecule has 2 atom stereocenters. The molecule has 0 aliphatic heterocycles. The Balaban J connectivity index is 2.03. The molecule has 0 bridgehead atoms. The normalized spacial score (nSPS) is 14.0. The molecule has 21 heavy (non-hydrogen) atoms. The van der Waals surface area contributed by atoms with E-state index in [0.717, 1.165) is 12.2 Å². The average molecular weight is 303 g/mol. The summed E-state index contributed by atoms with van der Waals surface area (Å²) in [7, 11) is 1.73. The molecule has 3 heteroatoms. The standard InChI is InChI=1S/C18H25NOS/c1-12-6-9-18(20-5)17(10-12)15(4)19-13(2)11-16-8-7-14(3)21-16/h6-10,13,15,19H,11H2,1-5H3. The Morgan fingerprint density at radius 2 is 1.90 bits per heavy atom. The molecule has 1 N–H and O–H groups in total. The molecule has 1 aromatic carbocycles. The highest BCUT2D eigenvalue weighted by atomic mass is 32.1. The molecule has 2 unspecified atom stereocenters. The van der Waals surface area contributed by atoms with E-state index in [4.69, 9.17) is 4.74 Å². The van der Waals surface area contributed by atoms with Crippen LogP contribution >= 0.6 is 11.3 Å². The van der Waals surface area contributed by atoms with Gasteiger partial charge in [0.15, 0.2) is 0 Å². The van der Waals surface area contributed by atoms with Crippen molar-refractivity contribution in [2.75, 3.05) is 7.11 Å². The van der Waals surface area contributed by atoms with Gasteiger partial charge in [-0.25, -0.2) is 0 Å². The molecule has 0 amide bonds. The monoisotopic (exact) mass is 303 g/mol. The molecular weight excluding hydrogens is 278 g/mol. The fraction of sp³-hybridized carbons (Fsp3) is 0.444. The van der Waals surface area contributed by atoms with Crippen LogP contribution < -0.4 is 10.1 Å². The van der Waals surface area contributed by atoms with E-state index >= 15 is 0 Å². The Bertz CT molecular complexity index is 591. The van der Waals surface area contributed by atoms with E-state index in [1.807, 2.05) is 11.3 Å². The van der Waals surface area contributed by atoms with E-state index < -0.39 is 0 Å². The summed E-state index contributed by atoms with van der Waals surface area (Å²) in [6.45, 7) is 8.72. The van der Waals surface area contributed by atoms with Gasteiger partial charge in [0, 0.05) is 27.4 Å². The topological polar surface area (TPSA) is 21.3 Å². The predicted molar refractivity (Wildman–Crippen MR) is 91.5 cm³/mol. The van der Waals surface area contributed by atoms with Gasteiger partial charge in [0.25, 0.3) is 0 Å². The summed E-state index contributed by atoms with van der Waals surface area (Å²) in [6.07, 6.45) is 1.07. The fourth-order valence-electron chi connectivity index (χ4n) is 2.66. The van der Waals surface area contributed by atoms with Gasteiger partial charge in [-0.15, -0.1) is 11.3 Å². The summed E-state index contributed by atoms with van der Waals surface area (Å²) in [5, 5.41) is 3.68. The number of nitrogens with one attached hydrogen (secondary N) is 1. The minimum absolute atomic E-state index is 0.274. The van der Waals surface area contributed by atoms with Gasteiger partial charge >= 0.3 is 0 Å². The highest BCUT2D eigenvalue weighted by Gasteiger charge is 2.14. The second-order valence-corrected chi connectivity index (χ2v) is 7.12. The molecule has 0 fully saturated rings. The fourth-order valence-corrected chi connectivity index (χ4v) is 3.68. The second kappa shape index (κ2) is 7.10. The van der Waals surface area contributed by atoms with Crippen molar-refractivity contribution in [3.63, 3.8) is 0 Å². The number of thiophene rings is 1. The van der Waals surface area contributed by atoms with Gasteiger partial charge in [0.1, 0.15) is 5.75 Å². The van der Waals surface area contributed by atoms with Gasteiger partial charge in [0.2, 0.25) is 0 Å². The van der Waals surface area contributed by atoms with Crippen molar-refractivity contribution < 1.29 is 4.74 Å². The zero-order valence-electron chi connectivity index (χ0n) is 13.6. The lowest BCUT2D eigenvalue weighted by Crippen LogP contribution is -2.30. The Hall–Kier alpha value is -1.32. The van der Waals surface area contributed by atoms with Crippen LogP contribution in [0.15, 0.2) is 30.3 Å². The number of hydrogen-bond acceptors (Lipinski definition) is 3. The van der Waals surface area contributed by atoms with E-state index in [1.165, 1.54) is 20.9 Å². The molecule has 0 radical (unpaired) electrons. The van der Waals surface area contributed by atoms with Crippen molar-refractivity contribution in [2.24, 2.45) is 0 Å². The number of hydrogen-bond donors (Lipinski definition) is 1. The summed E-state index contributed by atoms with van der Waals surface area (Å²) in [5.41, 5.74) is 2.49. The molecule has 0 saturated heterocycles. The first-order valence-corrected chi connectivity index (χ1v) is 8.27. The van der Waals surface area contributed by atoms with Gasteiger partial charge < -0.3 is 10.1 Å². The average Bonchev–Trinajstić information content (AvgIpc) is 2.83. The van der Waals surface area contributed by atoms with Crippen LogP contribution in [0, 0.1) is 13.8 Å². The molecule has 1 aromatic heterocycles. The Morgan fingerprint density at radius 1 is 1.14 bits per heavy atom. The highest BCUT2D eigenvalue weighted by molar-refractivity contribution is 7.11. The van der Waals surface area contributed by atoms with Gasteiger partial charge in [-0.1, -0.05) is 17.7 Å². The molecule has 2 aromatic rings. The number of benzene rings is 1. The van der Waals surface area contributed by atoms with Crippen LogP contribution in [0.3, 0.4) is 0 Å². The maximum atomic E-state index is 5.49. The predicted octanol–water partition coefficient (Wildman–Crippen LogP) is 4.66. The molecular formula is C18H25NOS. The largest absolute Gasteiger partial charge is 0.496 e. The zero-order chi connectivity index (χ0) is 15.4. The third-order valence-electron chi connectivity index (χ3n) is 3.69. The van der Waals surface area contributed by atoms with Crippen LogP contribution in [0.2, 0.25) is 0 Å². The molecule has 0 aliphatic rings. The van der Waals surface area contributed by atoms with Crippen LogP contribution in [0.25, 0.3) is 0 Å². The lowest BCUT2D eigenvalue weighted by atomic mass is 10.0. The first-order chi connectivity index (χ1) is 9.99. The second-order valence-electron chi connectivity index (χ2n) is 5.75. The van der Waals surface area contributed by atoms with Crippen LogP contribution in [-0.4, -0.2) is 13.2 Å². The van der Waals surface area contributed by atoms with E-state index in [2.05, 4.69) is 63.3 Å². The van der Waals surface area contributed by atoms with E-state index in [9.17, 15) is 0 Å². The van der Waals surface area contributed by atoms with E-state index in [0.29, 0.717) is 6.04 Å². The van der Waals surface area contributed by atoms with Crippen LogP contribution in [0.4, 0.5) is 0 Å². The van der Waals surface area contributed by atoms with E-state index in [-0.39, 0.29) is 6.04 Å². The summed E-state index contributed by atoms with van der Waals surface area (Å²) in [4.78, 5) is 2.82. The molecule has 0 spiro atoms. The zero-order valence-corrected chi connectivity index (χ0v) is 14.4. The van der Waals surface area contributed by atoms with Gasteiger partial charge in [0.05, 0.1) is 7.11 Å². The number of rotatable bonds is 6. The van der Waals surface area contributed by atoms with Crippen molar-refractivity contribution in [1.82, 2.24) is 5.32 Å². The van der Waals surface area contributed by atoms with Crippen molar-refractivity contribution in [3.8, 4) is 5.75 Å². The SMILES string of the molecule is COc1ccc(C)cc1C(C)NC(C)Cc1ccc(C)s1. The van der Waals surface area contributed by atoms with Gasteiger partial charge in [-0.2, -0.15) is 0 Å². The summed E-state index contributed by atoms with van der Waals surface area (Å²) in [5.74, 6) is 0.958. The first-order valence-electron chi connectivity index (χ1n) is 7.45. The van der Waals surface area contributed by atoms with Crippen LogP contribution in [0.1, 0.15) is 40.8 Å². The molecule has 2 rings (SSSR count). The lowest BCUT2D eigenvalue weighted by Gasteiger charge is -2.22. The highest BCUT2D eigenvalue weighted by Crippen LogP contribution is 2.27. The first kappa shape index (κ1) is 16.1. The Labute approximate surface area is 132 Å². The van der Waals surface area contributed by atoms with Crippen molar-refractivity contribution in [1.29, 1.82) is 0 Å². The number of ether oxygens (including phenoxy) is 1. The molecule has 2 nitrogen and oxygen atoms in total. The molecule has 0 saturated carbocycles. The van der Waals surface area contributed by atoms with Gasteiger partial charge in [-0.3, -0.25) is 0 Å². The summed E-state index contributed by atoms with van der Waals surface area (Å²) < 4.78 is 5.49. The van der Waals surface area contributed by atoms with Crippen molar-refractivity contribution in [2.45, 2.75) is 46.2 Å². The van der Waals surface area contributed by atoms with Crippen molar-refractivity contribution >= 4 is 11.3 Å². The third-order valence-corrected chi connectivity index (χ3v) is 4.71. The summed E-state index contributed by atoms with van der Waals surface area (Å²) in [6, 6.07) is 11.5. The third kappa shape index (κ3) is 4.32. The number of methoxy groups -OCH3 is 1. The van der Waals surface area contributed by atoms with E-state index in [1.54, 1.807) is 7.11 Å². The minimum atomic E-state index is 0.274. The Kier molecular flexibility index (Phi) is 5.43. The van der Waals surface area contributed by atoms with Gasteiger partial charge in [-0.05, 0) is 52.3 Å². The summed E-state index contributed by atoms with van der Waals surface area (Å²) >= 11 is 1.88. The lowest BCUT2D eigenvalue weighted by molar-refractivity contribution is 0.395. The van der Waals surface area contributed by atoms with Crippen LogP contribution in [0.5, 0.6) is 5.75 Å². The quantitative estimate of drug-likeness (QED) is 0.838. The smallest absolute Gasteiger partial charge is 0.123 e. The Morgan fingerprint density at radius 3 is 2.52 bits per heavy atom. The van der Waals surface area contributed by atoms with Crippen LogP contribution in [-0.2, 0) is 6.42 Å². The maximum Gasteiger partial charge on any atom is 0.123 e. The number of aryl methyl sites for hydroxylation is 2. The molecule has 1 heterocycles. The van der Waals surface area contributed by atoms with Crippen molar-refractivity contribution in [3.05, 3.63) is 51.2 Å². The molecule has 114 valence electrons.